The molecule has 0 unspecified atom stereocenters. The average Bonchev–Trinajstić information content (AvgIpc) is 2.86. The van der Waals surface area contributed by atoms with Crippen LogP contribution in [0.2, 0.25) is 0 Å². The molecular formula is C26H30N2O6. The van der Waals surface area contributed by atoms with Gasteiger partial charge in [0.1, 0.15) is 11.5 Å². The predicted octanol–water partition coefficient (Wildman–Crippen LogP) is 2.93. The molecule has 2 aromatic carbocycles. The molecule has 2 aromatic rings. The topological polar surface area (TPSA) is 85.4 Å². The van der Waals surface area contributed by atoms with E-state index in [1.807, 2.05) is 32.0 Å². The van der Waals surface area contributed by atoms with E-state index < -0.39 is 0 Å². The smallest absolute Gasteiger partial charge is 0.265 e. The number of fused-ring (bicyclic) bond motifs is 1. The van der Waals surface area contributed by atoms with Crippen molar-refractivity contribution in [2.24, 2.45) is 0 Å². The molecule has 0 aliphatic carbocycles. The van der Waals surface area contributed by atoms with E-state index in [1.54, 1.807) is 28.0 Å². The van der Waals surface area contributed by atoms with Crippen molar-refractivity contribution in [2.45, 2.75) is 26.7 Å². The maximum Gasteiger partial charge on any atom is 0.265 e. The second-order valence-electron chi connectivity index (χ2n) is 8.57. The summed E-state index contributed by atoms with van der Waals surface area (Å²) in [6.07, 6.45) is 0.873. The zero-order valence-corrected chi connectivity index (χ0v) is 19.7. The van der Waals surface area contributed by atoms with Gasteiger partial charge < -0.3 is 24.0 Å². The molecule has 2 aliphatic heterocycles. The molecule has 2 amide bonds. The Morgan fingerprint density at radius 3 is 2.59 bits per heavy atom. The molecule has 34 heavy (non-hydrogen) atoms. The number of amides is 2. The number of rotatable bonds is 8. The number of Topliss-reactive ketones (excluding diaryl/α,β-unsaturated/α-hetero) is 1. The van der Waals surface area contributed by atoms with Crippen LogP contribution in [-0.2, 0) is 14.3 Å². The summed E-state index contributed by atoms with van der Waals surface area (Å²) in [4.78, 5) is 41.2. The van der Waals surface area contributed by atoms with E-state index >= 15 is 0 Å². The van der Waals surface area contributed by atoms with Gasteiger partial charge in [0, 0.05) is 31.6 Å². The molecule has 8 heteroatoms. The van der Waals surface area contributed by atoms with E-state index in [2.05, 4.69) is 0 Å². The molecule has 0 spiro atoms. The van der Waals surface area contributed by atoms with Crippen LogP contribution in [0, 0.1) is 13.8 Å². The Kier molecular flexibility index (Phi) is 7.47. The summed E-state index contributed by atoms with van der Waals surface area (Å²) in [5, 5.41) is 0. The number of aryl methyl sites for hydroxylation is 2. The summed E-state index contributed by atoms with van der Waals surface area (Å²) in [6.45, 7) is 6.55. The van der Waals surface area contributed by atoms with Crippen molar-refractivity contribution in [2.75, 3.05) is 51.0 Å². The lowest BCUT2D eigenvalue weighted by Crippen LogP contribution is -2.42. The van der Waals surface area contributed by atoms with Gasteiger partial charge in [0.15, 0.2) is 19.0 Å². The van der Waals surface area contributed by atoms with Gasteiger partial charge in [-0.1, -0.05) is 6.07 Å². The van der Waals surface area contributed by atoms with Gasteiger partial charge in [-0.25, -0.2) is 0 Å². The molecular weight excluding hydrogens is 436 g/mol. The fraction of sp³-hybridized carbons (Fsp3) is 0.423. The molecule has 180 valence electrons. The minimum Gasteiger partial charge on any atom is -0.485 e. The van der Waals surface area contributed by atoms with Gasteiger partial charge >= 0.3 is 0 Å². The Morgan fingerprint density at radius 1 is 1.03 bits per heavy atom. The molecule has 0 N–H and O–H groups in total. The summed E-state index contributed by atoms with van der Waals surface area (Å²) < 4.78 is 16.5. The first-order chi connectivity index (χ1) is 16.4. The molecule has 0 atom stereocenters. The summed E-state index contributed by atoms with van der Waals surface area (Å²) in [6, 6.07) is 10.8. The SMILES string of the molecule is Cc1ccc(OCC(=O)c2ccc3c(c2)N(CCCC(=O)N2CCOCC2)C(=O)CO3)cc1C. The molecule has 2 aliphatic rings. The van der Waals surface area contributed by atoms with E-state index in [1.165, 1.54) is 0 Å². The molecule has 8 nitrogen and oxygen atoms in total. The number of hydrogen-bond acceptors (Lipinski definition) is 6. The highest BCUT2D eigenvalue weighted by molar-refractivity contribution is 6.02. The monoisotopic (exact) mass is 466 g/mol. The number of ketones is 1. The van der Waals surface area contributed by atoms with Crippen molar-refractivity contribution < 1.29 is 28.6 Å². The van der Waals surface area contributed by atoms with Crippen LogP contribution in [0.1, 0.15) is 34.3 Å². The van der Waals surface area contributed by atoms with E-state index in [0.717, 1.165) is 11.1 Å². The Labute approximate surface area is 199 Å². The van der Waals surface area contributed by atoms with Gasteiger partial charge in [0.05, 0.1) is 18.9 Å². The predicted molar refractivity (Wildman–Crippen MR) is 127 cm³/mol. The maximum atomic E-state index is 12.8. The summed E-state index contributed by atoms with van der Waals surface area (Å²) >= 11 is 0. The molecule has 1 saturated heterocycles. The van der Waals surface area contributed by atoms with Crippen molar-refractivity contribution in [1.82, 2.24) is 4.90 Å². The normalized spacial score (nSPS) is 15.5. The maximum absolute atomic E-state index is 12.8. The minimum atomic E-state index is -0.193. The van der Waals surface area contributed by atoms with Crippen molar-refractivity contribution >= 4 is 23.3 Å². The molecule has 4 rings (SSSR count). The molecule has 0 aromatic heterocycles. The number of carbonyl (C=O) groups is 3. The second kappa shape index (κ2) is 10.7. The number of morpholine rings is 1. The zero-order valence-electron chi connectivity index (χ0n) is 19.7. The summed E-state index contributed by atoms with van der Waals surface area (Å²) in [5.41, 5.74) is 3.24. The van der Waals surface area contributed by atoms with Crippen molar-refractivity contribution in [3.63, 3.8) is 0 Å². The van der Waals surface area contributed by atoms with Crippen LogP contribution >= 0.6 is 0 Å². The van der Waals surface area contributed by atoms with E-state index in [-0.39, 0.29) is 30.8 Å². The Morgan fingerprint density at radius 2 is 1.82 bits per heavy atom. The molecule has 0 radical (unpaired) electrons. The summed E-state index contributed by atoms with van der Waals surface area (Å²) in [5.74, 6) is 0.866. The number of benzene rings is 2. The van der Waals surface area contributed by atoms with Gasteiger partial charge in [-0.15, -0.1) is 0 Å². The van der Waals surface area contributed by atoms with Crippen LogP contribution in [0.5, 0.6) is 11.5 Å². The lowest BCUT2D eigenvalue weighted by Gasteiger charge is -2.30. The van der Waals surface area contributed by atoms with E-state index in [0.29, 0.717) is 68.4 Å². The lowest BCUT2D eigenvalue weighted by molar-refractivity contribution is -0.135. The highest BCUT2D eigenvalue weighted by Gasteiger charge is 2.27. The average molecular weight is 467 g/mol. The van der Waals surface area contributed by atoms with Gasteiger partial charge in [0.2, 0.25) is 5.91 Å². The van der Waals surface area contributed by atoms with Gasteiger partial charge in [0.25, 0.3) is 5.91 Å². The van der Waals surface area contributed by atoms with E-state index in [9.17, 15) is 14.4 Å². The van der Waals surface area contributed by atoms with E-state index in [4.69, 9.17) is 14.2 Å². The number of carbonyl (C=O) groups excluding carboxylic acids is 3. The fourth-order valence-electron chi connectivity index (χ4n) is 4.02. The Hall–Kier alpha value is -3.39. The van der Waals surface area contributed by atoms with Crippen molar-refractivity contribution in [3.05, 3.63) is 53.1 Å². The standard InChI is InChI=1S/C26H30N2O6/c1-18-5-7-21(14-19(18)2)33-16-23(29)20-6-8-24-22(15-20)28(26(31)17-34-24)9-3-4-25(30)27-10-12-32-13-11-27/h5-8,14-15H,3-4,9-13,16-17H2,1-2H3. The fourth-order valence-corrected chi connectivity index (χ4v) is 4.02. The lowest BCUT2D eigenvalue weighted by atomic mass is 10.1. The third-order valence-electron chi connectivity index (χ3n) is 6.21. The van der Waals surface area contributed by atoms with Crippen LogP contribution in [0.4, 0.5) is 5.69 Å². The number of ether oxygens (including phenoxy) is 3. The number of anilines is 1. The quantitative estimate of drug-likeness (QED) is 0.556. The first-order valence-electron chi connectivity index (χ1n) is 11.6. The third kappa shape index (κ3) is 5.56. The third-order valence-corrected chi connectivity index (χ3v) is 6.21. The molecule has 0 bridgehead atoms. The van der Waals surface area contributed by atoms with Crippen LogP contribution in [0.15, 0.2) is 36.4 Å². The Bertz CT molecular complexity index is 1080. The molecule has 2 heterocycles. The van der Waals surface area contributed by atoms with Gasteiger partial charge in [-0.3, -0.25) is 14.4 Å². The molecule has 0 saturated carbocycles. The minimum absolute atomic E-state index is 0.0619. The van der Waals surface area contributed by atoms with Crippen molar-refractivity contribution in [3.8, 4) is 11.5 Å². The summed E-state index contributed by atoms with van der Waals surface area (Å²) in [7, 11) is 0. The second-order valence-corrected chi connectivity index (χ2v) is 8.57. The first kappa shape index (κ1) is 23.8. The van der Waals surface area contributed by atoms with Crippen LogP contribution in [-0.4, -0.2) is 68.6 Å². The van der Waals surface area contributed by atoms with Crippen molar-refractivity contribution in [1.29, 1.82) is 0 Å². The number of nitrogens with zero attached hydrogens (tertiary/aromatic N) is 2. The highest BCUT2D eigenvalue weighted by Crippen LogP contribution is 2.33. The van der Waals surface area contributed by atoms with Crippen LogP contribution < -0.4 is 14.4 Å². The van der Waals surface area contributed by atoms with Gasteiger partial charge in [-0.05, 0) is 61.7 Å². The van der Waals surface area contributed by atoms with Crippen LogP contribution in [0.3, 0.4) is 0 Å². The largest absolute Gasteiger partial charge is 0.485 e. The first-order valence-corrected chi connectivity index (χ1v) is 11.6. The highest BCUT2D eigenvalue weighted by atomic mass is 16.5. The van der Waals surface area contributed by atoms with Crippen LogP contribution in [0.25, 0.3) is 0 Å². The molecule has 1 fully saturated rings. The number of hydrogen-bond donors (Lipinski definition) is 0. The zero-order chi connectivity index (χ0) is 24.1. The van der Waals surface area contributed by atoms with Gasteiger partial charge in [-0.2, -0.15) is 0 Å². The Balaban J connectivity index is 1.39.